The minimum Gasteiger partial charge on any atom is -0.399 e. The van der Waals surface area contributed by atoms with Crippen LogP contribution in [-0.4, -0.2) is 23.3 Å². The molecule has 1 fully saturated rings. The van der Waals surface area contributed by atoms with Crippen molar-refractivity contribution in [2.45, 2.75) is 38.9 Å². The maximum Gasteiger partial charge on any atom is 0.495 e. The van der Waals surface area contributed by atoms with E-state index in [4.69, 9.17) is 14.3 Å². The van der Waals surface area contributed by atoms with Crippen molar-refractivity contribution >= 4 is 45.0 Å². The monoisotopic (exact) mass is 355 g/mol. The summed E-state index contributed by atoms with van der Waals surface area (Å²) in [6.07, 6.45) is 1.96. The molecule has 3 nitrogen and oxygen atoms in total. The first-order chi connectivity index (χ1) is 12.9. The summed E-state index contributed by atoms with van der Waals surface area (Å²) in [6, 6.07) is 19.0. The third-order valence-corrected chi connectivity index (χ3v) is 6.14. The molecule has 1 aromatic heterocycles. The molecule has 4 heteroatoms. The Labute approximate surface area is 159 Å². The predicted molar refractivity (Wildman–Crippen MR) is 112 cm³/mol. The molecule has 5 rings (SSSR count). The molecular weight excluding hydrogens is 333 g/mol. The second-order valence-electron chi connectivity index (χ2n) is 8.34. The second-order valence-corrected chi connectivity index (χ2v) is 8.34. The number of rotatable bonds is 1. The SMILES string of the molecule is CC1(C)OB(c2cc3c4ccccc4cnc3c3ccccc23)OC1(C)C. The quantitative estimate of drug-likeness (QED) is 0.362. The molecule has 134 valence electrons. The zero-order valence-electron chi connectivity index (χ0n) is 16.1. The Morgan fingerprint density at radius 2 is 1.33 bits per heavy atom. The maximum absolute atomic E-state index is 6.38. The van der Waals surface area contributed by atoms with Gasteiger partial charge in [-0.2, -0.15) is 0 Å². The molecule has 0 N–H and O–H groups in total. The first-order valence-electron chi connectivity index (χ1n) is 9.42. The molecule has 1 aliphatic rings. The van der Waals surface area contributed by atoms with Crippen LogP contribution in [0.5, 0.6) is 0 Å². The average Bonchev–Trinajstić information content (AvgIpc) is 2.88. The minimum atomic E-state index is -0.400. The molecule has 0 amide bonds. The standard InChI is InChI=1S/C23H22BNO2/c1-22(2)23(3,4)27-24(26-22)20-13-19-16-10-6-5-9-15(16)14-25-21(19)18-12-8-7-11-17(18)20/h5-14H,1-4H3. The molecule has 0 radical (unpaired) electrons. The fourth-order valence-corrected chi connectivity index (χ4v) is 3.89. The van der Waals surface area contributed by atoms with E-state index in [1.807, 2.05) is 12.3 Å². The van der Waals surface area contributed by atoms with Gasteiger partial charge in [0.25, 0.3) is 0 Å². The van der Waals surface area contributed by atoms with Crippen molar-refractivity contribution in [1.29, 1.82) is 0 Å². The fourth-order valence-electron chi connectivity index (χ4n) is 3.89. The summed E-state index contributed by atoms with van der Waals surface area (Å²) in [5.74, 6) is 0. The van der Waals surface area contributed by atoms with Crippen LogP contribution < -0.4 is 5.46 Å². The van der Waals surface area contributed by atoms with Crippen molar-refractivity contribution in [1.82, 2.24) is 4.98 Å². The average molecular weight is 355 g/mol. The molecule has 0 saturated carbocycles. The molecule has 3 aromatic carbocycles. The summed E-state index contributed by atoms with van der Waals surface area (Å²) < 4.78 is 12.8. The Balaban J connectivity index is 1.85. The van der Waals surface area contributed by atoms with Gasteiger partial charge in [0.1, 0.15) is 0 Å². The van der Waals surface area contributed by atoms with Gasteiger partial charge >= 0.3 is 7.12 Å². The topological polar surface area (TPSA) is 31.4 Å². The Hall–Kier alpha value is -2.43. The predicted octanol–water partition coefficient (Wildman–Crippen LogP) is 4.84. The van der Waals surface area contributed by atoms with Crippen LogP contribution in [0.4, 0.5) is 0 Å². The van der Waals surface area contributed by atoms with Crippen LogP contribution in [0.2, 0.25) is 0 Å². The van der Waals surface area contributed by atoms with E-state index in [0.29, 0.717) is 0 Å². The van der Waals surface area contributed by atoms with Crippen molar-refractivity contribution in [3.63, 3.8) is 0 Å². The van der Waals surface area contributed by atoms with Crippen LogP contribution in [0.1, 0.15) is 27.7 Å². The van der Waals surface area contributed by atoms with Gasteiger partial charge in [-0.3, -0.25) is 4.98 Å². The van der Waals surface area contributed by atoms with Gasteiger partial charge in [-0.15, -0.1) is 0 Å². The van der Waals surface area contributed by atoms with Gasteiger partial charge in [0, 0.05) is 22.4 Å². The van der Waals surface area contributed by atoms with E-state index in [1.54, 1.807) is 0 Å². The van der Waals surface area contributed by atoms with Crippen molar-refractivity contribution in [3.05, 3.63) is 60.8 Å². The van der Waals surface area contributed by atoms with Gasteiger partial charge in [0.2, 0.25) is 0 Å². The van der Waals surface area contributed by atoms with E-state index >= 15 is 0 Å². The lowest BCUT2D eigenvalue weighted by atomic mass is 9.75. The third kappa shape index (κ3) is 2.40. The highest BCUT2D eigenvalue weighted by Gasteiger charge is 2.52. The number of pyridine rings is 1. The van der Waals surface area contributed by atoms with E-state index in [-0.39, 0.29) is 11.2 Å². The summed E-state index contributed by atoms with van der Waals surface area (Å²) in [6.45, 7) is 8.36. The van der Waals surface area contributed by atoms with Crippen LogP contribution in [0.25, 0.3) is 32.4 Å². The van der Waals surface area contributed by atoms with E-state index in [1.165, 1.54) is 5.39 Å². The van der Waals surface area contributed by atoms with Crippen LogP contribution in [0.3, 0.4) is 0 Å². The number of benzene rings is 3. The van der Waals surface area contributed by atoms with Gasteiger partial charge in [0.15, 0.2) is 0 Å². The molecule has 0 unspecified atom stereocenters. The van der Waals surface area contributed by atoms with E-state index in [0.717, 1.165) is 32.5 Å². The lowest BCUT2D eigenvalue weighted by Crippen LogP contribution is -2.41. The van der Waals surface area contributed by atoms with Crippen molar-refractivity contribution in [2.24, 2.45) is 0 Å². The summed E-state index contributed by atoms with van der Waals surface area (Å²) in [7, 11) is -0.400. The zero-order chi connectivity index (χ0) is 18.8. The number of hydrogen-bond donors (Lipinski definition) is 0. The first-order valence-corrected chi connectivity index (χ1v) is 9.42. The number of nitrogens with zero attached hydrogens (tertiary/aromatic N) is 1. The molecule has 0 atom stereocenters. The lowest BCUT2D eigenvalue weighted by molar-refractivity contribution is 0.00578. The zero-order valence-corrected chi connectivity index (χ0v) is 16.1. The van der Waals surface area contributed by atoms with Crippen LogP contribution >= 0.6 is 0 Å². The van der Waals surface area contributed by atoms with Gasteiger partial charge in [-0.25, -0.2) is 0 Å². The molecule has 2 heterocycles. The molecule has 1 aliphatic heterocycles. The smallest absolute Gasteiger partial charge is 0.399 e. The van der Waals surface area contributed by atoms with Crippen LogP contribution in [-0.2, 0) is 9.31 Å². The highest BCUT2D eigenvalue weighted by Crippen LogP contribution is 2.38. The van der Waals surface area contributed by atoms with E-state index < -0.39 is 7.12 Å². The molecule has 0 aliphatic carbocycles. The van der Waals surface area contributed by atoms with Gasteiger partial charge in [0.05, 0.1) is 16.7 Å². The Kier molecular flexibility index (Phi) is 3.43. The molecule has 1 saturated heterocycles. The summed E-state index contributed by atoms with van der Waals surface area (Å²) in [5.41, 5.74) is 1.34. The molecule has 0 spiro atoms. The highest BCUT2D eigenvalue weighted by atomic mass is 16.7. The maximum atomic E-state index is 6.38. The van der Waals surface area contributed by atoms with Gasteiger partial charge < -0.3 is 9.31 Å². The fraction of sp³-hybridized carbons (Fsp3) is 0.261. The number of hydrogen-bond acceptors (Lipinski definition) is 3. The van der Waals surface area contributed by atoms with Crippen LogP contribution in [0.15, 0.2) is 60.8 Å². The minimum absolute atomic E-state index is 0.370. The molecule has 27 heavy (non-hydrogen) atoms. The lowest BCUT2D eigenvalue weighted by Gasteiger charge is -2.32. The summed E-state index contributed by atoms with van der Waals surface area (Å²) in [5, 5.41) is 5.74. The van der Waals surface area contributed by atoms with Crippen LogP contribution in [0, 0.1) is 0 Å². The second kappa shape index (κ2) is 5.54. The van der Waals surface area contributed by atoms with E-state index in [2.05, 4.69) is 76.2 Å². The Bertz CT molecular complexity index is 1180. The number of aromatic nitrogens is 1. The number of fused-ring (bicyclic) bond motifs is 5. The van der Waals surface area contributed by atoms with Gasteiger partial charge in [-0.1, -0.05) is 54.6 Å². The highest BCUT2D eigenvalue weighted by molar-refractivity contribution is 6.66. The van der Waals surface area contributed by atoms with Crippen molar-refractivity contribution < 1.29 is 9.31 Å². The molecular formula is C23H22BNO2. The third-order valence-electron chi connectivity index (χ3n) is 6.14. The largest absolute Gasteiger partial charge is 0.495 e. The molecule has 0 bridgehead atoms. The van der Waals surface area contributed by atoms with Gasteiger partial charge in [-0.05, 0) is 43.9 Å². The first kappa shape index (κ1) is 16.7. The normalized spacial score (nSPS) is 18.6. The van der Waals surface area contributed by atoms with E-state index in [9.17, 15) is 0 Å². The summed E-state index contributed by atoms with van der Waals surface area (Å²) >= 11 is 0. The van der Waals surface area contributed by atoms with Crippen molar-refractivity contribution in [2.75, 3.05) is 0 Å². The summed E-state index contributed by atoms with van der Waals surface area (Å²) in [4.78, 5) is 4.78. The Morgan fingerprint density at radius 1 is 0.741 bits per heavy atom. The Morgan fingerprint density at radius 3 is 2.04 bits per heavy atom. The molecule has 4 aromatic rings. The van der Waals surface area contributed by atoms with Crippen molar-refractivity contribution in [3.8, 4) is 0 Å².